The van der Waals surface area contributed by atoms with Crippen LogP contribution in [0.25, 0.3) is 0 Å². The third-order valence-electron chi connectivity index (χ3n) is 3.93. The van der Waals surface area contributed by atoms with Gasteiger partial charge in [0.2, 0.25) is 0 Å². The highest BCUT2D eigenvalue weighted by atomic mass is 79.9. The molecule has 2 nitrogen and oxygen atoms in total. The van der Waals surface area contributed by atoms with Gasteiger partial charge in [-0.25, -0.2) is 0 Å². The van der Waals surface area contributed by atoms with Crippen molar-refractivity contribution in [3.8, 4) is 0 Å². The minimum absolute atomic E-state index is 0.359. The molecular formula is C13H20BrClN2S. The second-order valence-electron chi connectivity index (χ2n) is 5.26. The Hall–Kier alpha value is 0.390. The summed E-state index contributed by atoms with van der Waals surface area (Å²) in [7, 11) is 4.40. The molecule has 0 amide bonds. The number of likely N-dealkylation sites (N-methyl/N-ethyl adjacent to an activating group) is 1. The van der Waals surface area contributed by atoms with Crippen LogP contribution in [0, 0.1) is 0 Å². The summed E-state index contributed by atoms with van der Waals surface area (Å²) in [4.78, 5) is 3.68. The summed E-state index contributed by atoms with van der Waals surface area (Å²) in [6.07, 6.45) is 5.33. The molecule has 1 heterocycles. The van der Waals surface area contributed by atoms with E-state index in [2.05, 4.69) is 46.3 Å². The lowest BCUT2D eigenvalue weighted by molar-refractivity contribution is 0.154. The normalized spacial score (nSPS) is 18.7. The Morgan fingerprint density at radius 1 is 1.44 bits per heavy atom. The van der Waals surface area contributed by atoms with Gasteiger partial charge in [0.1, 0.15) is 4.34 Å². The molecule has 0 saturated heterocycles. The Balaban J connectivity index is 1.87. The van der Waals surface area contributed by atoms with Crippen molar-refractivity contribution in [2.75, 3.05) is 20.6 Å². The van der Waals surface area contributed by atoms with Gasteiger partial charge in [-0.2, -0.15) is 0 Å². The maximum atomic E-state index is 6.05. The molecule has 0 unspecified atom stereocenters. The van der Waals surface area contributed by atoms with Gasteiger partial charge < -0.3 is 10.2 Å². The highest BCUT2D eigenvalue weighted by Crippen LogP contribution is 2.34. The van der Waals surface area contributed by atoms with E-state index in [4.69, 9.17) is 11.6 Å². The lowest BCUT2D eigenvalue weighted by Gasteiger charge is -2.36. The number of nitrogens with zero attached hydrogens (tertiary/aromatic N) is 1. The van der Waals surface area contributed by atoms with Crippen molar-refractivity contribution in [1.29, 1.82) is 0 Å². The first-order chi connectivity index (χ1) is 8.53. The number of halogens is 2. The molecule has 0 bridgehead atoms. The third-order valence-corrected chi connectivity index (χ3v) is 6.41. The summed E-state index contributed by atoms with van der Waals surface area (Å²) < 4.78 is 1.85. The molecule has 1 aromatic heterocycles. The van der Waals surface area contributed by atoms with Crippen LogP contribution in [0.1, 0.15) is 30.6 Å². The van der Waals surface area contributed by atoms with E-state index in [-0.39, 0.29) is 0 Å². The van der Waals surface area contributed by atoms with Crippen LogP contribution in [0.4, 0.5) is 0 Å². The van der Waals surface area contributed by atoms with Crippen molar-refractivity contribution in [3.05, 3.63) is 19.8 Å². The summed E-state index contributed by atoms with van der Waals surface area (Å²) >= 11 is 11.1. The van der Waals surface area contributed by atoms with E-state index in [1.54, 1.807) is 11.3 Å². The predicted octanol–water partition coefficient (Wildman–Crippen LogP) is 4.13. The summed E-state index contributed by atoms with van der Waals surface area (Å²) in [6.45, 7) is 1.97. The molecule has 0 aliphatic heterocycles. The molecule has 1 aromatic rings. The van der Waals surface area contributed by atoms with E-state index in [1.165, 1.54) is 30.6 Å². The van der Waals surface area contributed by atoms with Crippen molar-refractivity contribution in [3.63, 3.8) is 0 Å². The van der Waals surface area contributed by atoms with Crippen LogP contribution in [0.15, 0.2) is 10.5 Å². The second kappa shape index (κ2) is 6.23. The number of rotatable bonds is 5. The van der Waals surface area contributed by atoms with Crippen LogP contribution in [-0.2, 0) is 6.54 Å². The molecule has 5 heteroatoms. The minimum Gasteiger partial charge on any atom is -0.310 e. The average Bonchev–Trinajstić information content (AvgIpc) is 2.89. The molecule has 0 atom stereocenters. The molecule has 0 radical (unpaired) electrons. The Labute approximate surface area is 127 Å². The Morgan fingerprint density at radius 3 is 2.61 bits per heavy atom. The van der Waals surface area contributed by atoms with Crippen LogP contribution >= 0.6 is 38.9 Å². The summed E-state index contributed by atoms with van der Waals surface area (Å²) in [5, 5.41) is 3.60. The van der Waals surface area contributed by atoms with Crippen LogP contribution in [0.2, 0.25) is 4.34 Å². The molecule has 1 fully saturated rings. The average molecular weight is 352 g/mol. The first-order valence-electron chi connectivity index (χ1n) is 6.35. The zero-order valence-electron chi connectivity index (χ0n) is 10.9. The van der Waals surface area contributed by atoms with Crippen molar-refractivity contribution in [2.24, 2.45) is 0 Å². The van der Waals surface area contributed by atoms with Crippen molar-refractivity contribution < 1.29 is 0 Å². The predicted molar refractivity (Wildman–Crippen MR) is 83.6 cm³/mol. The Morgan fingerprint density at radius 2 is 2.11 bits per heavy atom. The van der Waals surface area contributed by atoms with E-state index in [0.29, 0.717) is 5.54 Å². The number of nitrogens with one attached hydrogen (secondary N) is 1. The van der Waals surface area contributed by atoms with Crippen LogP contribution in [-0.4, -0.2) is 31.1 Å². The van der Waals surface area contributed by atoms with Gasteiger partial charge in [-0.15, -0.1) is 11.3 Å². The van der Waals surface area contributed by atoms with Crippen molar-refractivity contribution in [1.82, 2.24) is 10.2 Å². The second-order valence-corrected chi connectivity index (χ2v) is 7.86. The number of thiophene rings is 1. The third kappa shape index (κ3) is 3.28. The highest BCUT2D eigenvalue weighted by molar-refractivity contribution is 9.10. The maximum absolute atomic E-state index is 6.05. The van der Waals surface area contributed by atoms with Gasteiger partial charge in [0.25, 0.3) is 0 Å². The quantitative estimate of drug-likeness (QED) is 0.858. The first-order valence-corrected chi connectivity index (χ1v) is 8.34. The zero-order valence-corrected chi connectivity index (χ0v) is 14.1. The fourth-order valence-electron chi connectivity index (χ4n) is 2.71. The molecule has 0 aromatic carbocycles. The van der Waals surface area contributed by atoms with Crippen molar-refractivity contribution >= 4 is 38.9 Å². The van der Waals surface area contributed by atoms with E-state index >= 15 is 0 Å². The fraction of sp³-hybridized carbons (Fsp3) is 0.692. The minimum atomic E-state index is 0.359. The molecule has 0 spiro atoms. The first kappa shape index (κ1) is 14.8. The standard InChI is InChI=1S/C13H20BrClN2S/c1-17(2)13(5-3-4-6-13)9-16-8-10-7-11(14)12(15)18-10/h7,16H,3-6,8-9H2,1-2H3. The Bertz CT molecular complexity index is 380. The van der Waals surface area contributed by atoms with Gasteiger partial charge in [-0.3, -0.25) is 0 Å². The molecule has 2 rings (SSSR count). The van der Waals surface area contributed by atoms with Crippen LogP contribution in [0.3, 0.4) is 0 Å². The lowest BCUT2D eigenvalue weighted by Crippen LogP contribution is -2.49. The molecular weight excluding hydrogens is 332 g/mol. The summed E-state index contributed by atoms with van der Waals surface area (Å²) in [5.41, 5.74) is 0.359. The maximum Gasteiger partial charge on any atom is 0.107 e. The zero-order chi connectivity index (χ0) is 13.2. The summed E-state index contributed by atoms with van der Waals surface area (Å²) in [5.74, 6) is 0. The van der Waals surface area contributed by atoms with E-state index in [1.807, 2.05) is 0 Å². The monoisotopic (exact) mass is 350 g/mol. The van der Waals surface area contributed by atoms with Gasteiger partial charge in [-0.05, 0) is 48.9 Å². The molecule has 1 aliphatic rings. The van der Waals surface area contributed by atoms with Gasteiger partial charge in [0, 0.05) is 28.0 Å². The van der Waals surface area contributed by atoms with Crippen LogP contribution in [0.5, 0.6) is 0 Å². The lowest BCUT2D eigenvalue weighted by atomic mass is 9.96. The topological polar surface area (TPSA) is 15.3 Å². The van der Waals surface area contributed by atoms with Gasteiger partial charge in [0.15, 0.2) is 0 Å². The van der Waals surface area contributed by atoms with E-state index in [9.17, 15) is 0 Å². The molecule has 1 N–H and O–H groups in total. The van der Waals surface area contributed by atoms with E-state index in [0.717, 1.165) is 21.9 Å². The van der Waals surface area contributed by atoms with Gasteiger partial charge >= 0.3 is 0 Å². The SMILES string of the molecule is CN(C)C1(CNCc2cc(Br)c(Cl)s2)CCCC1. The molecule has 1 aliphatic carbocycles. The molecule has 102 valence electrons. The number of hydrogen-bond acceptors (Lipinski definition) is 3. The molecule has 1 saturated carbocycles. The van der Waals surface area contributed by atoms with Crippen LogP contribution < -0.4 is 5.32 Å². The fourth-order valence-corrected chi connectivity index (χ4v) is 4.47. The van der Waals surface area contributed by atoms with Gasteiger partial charge in [-0.1, -0.05) is 24.4 Å². The largest absolute Gasteiger partial charge is 0.310 e. The van der Waals surface area contributed by atoms with Crippen molar-refractivity contribution in [2.45, 2.75) is 37.8 Å². The van der Waals surface area contributed by atoms with Gasteiger partial charge in [0.05, 0.1) is 0 Å². The number of hydrogen-bond donors (Lipinski definition) is 1. The van der Waals surface area contributed by atoms with E-state index < -0.39 is 0 Å². The molecule has 18 heavy (non-hydrogen) atoms. The Kier molecular flexibility index (Phi) is 5.12. The smallest absolute Gasteiger partial charge is 0.107 e. The summed E-state index contributed by atoms with van der Waals surface area (Å²) in [6, 6.07) is 2.11. The highest BCUT2D eigenvalue weighted by Gasteiger charge is 2.35.